The summed E-state index contributed by atoms with van der Waals surface area (Å²) in [5.41, 5.74) is 0.432. The van der Waals surface area contributed by atoms with Crippen molar-refractivity contribution >= 4 is 5.96 Å². The molecule has 134 valence electrons. The van der Waals surface area contributed by atoms with Crippen LogP contribution in [-0.4, -0.2) is 61.6 Å². The van der Waals surface area contributed by atoms with Gasteiger partial charge in [-0.05, 0) is 70.0 Å². The van der Waals surface area contributed by atoms with Gasteiger partial charge in [0.25, 0.3) is 0 Å². The first-order chi connectivity index (χ1) is 11.0. The summed E-state index contributed by atoms with van der Waals surface area (Å²) in [6.45, 7) is 17.3. The van der Waals surface area contributed by atoms with Crippen LogP contribution in [0.15, 0.2) is 4.99 Å². The maximum absolute atomic E-state index is 4.87. The third kappa shape index (κ3) is 6.33. The summed E-state index contributed by atoms with van der Waals surface area (Å²) < 4.78 is 0. The predicted molar refractivity (Wildman–Crippen MR) is 100 cm³/mol. The predicted octanol–water partition coefficient (Wildman–Crippen LogP) is 3.20. The molecule has 0 aromatic rings. The Morgan fingerprint density at radius 3 is 2.52 bits per heavy atom. The number of piperidine rings is 1. The molecular weight excluding hydrogens is 284 g/mol. The molecule has 2 heterocycles. The van der Waals surface area contributed by atoms with Crippen LogP contribution in [0.3, 0.4) is 0 Å². The van der Waals surface area contributed by atoms with Crippen molar-refractivity contribution in [3.63, 3.8) is 0 Å². The Bertz CT molecular complexity index is 370. The van der Waals surface area contributed by atoms with E-state index in [-0.39, 0.29) is 0 Å². The largest absolute Gasteiger partial charge is 0.357 e. The van der Waals surface area contributed by atoms with E-state index in [0.717, 1.165) is 38.1 Å². The first-order valence-corrected chi connectivity index (χ1v) is 9.76. The first kappa shape index (κ1) is 18.6. The third-order valence-electron chi connectivity index (χ3n) is 5.33. The van der Waals surface area contributed by atoms with Crippen LogP contribution in [0, 0.1) is 11.3 Å². The molecule has 4 nitrogen and oxygen atoms in total. The lowest BCUT2D eigenvalue weighted by Gasteiger charge is -2.30. The fourth-order valence-corrected chi connectivity index (χ4v) is 3.64. The molecular formula is C19H38N4. The van der Waals surface area contributed by atoms with Crippen LogP contribution in [-0.2, 0) is 0 Å². The van der Waals surface area contributed by atoms with E-state index in [1.165, 1.54) is 51.7 Å². The number of aliphatic imine (C=N–C) groups is 1. The molecule has 0 aromatic heterocycles. The minimum atomic E-state index is 0.432. The van der Waals surface area contributed by atoms with Gasteiger partial charge in [-0.1, -0.05) is 20.8 Å². The van der Waals surface area contributed by atoms with E-state index < -0.39 is 0 Å². The smallest absolute Gasteiger partial charge is 0.193 e. The van der Waals surface area contributed by atoms with Gasteiger partial charge in [0, 0.05) is 26.2 Å². The molecule has 0 aromatic carbocycles. The lowest BCUT2D eigenvalue weighted by atomic mass is 9.93. The molecule has 23 heavy (non-hydrogen) atoms. The zero-order chi connectivity index (χ0) is 16.7. The van der Waals surface area contributed by atoms with Gasteiger partial charge in [0.1, 0.15) is 0 Å². The van der Waals surface area contributed by atoms with E-state index in [9.17, 15) is 0 Å². The van der Waals surface area contributed by atoms with E-state index in [2.05, 4.69) is 42.8 Å². The molecule has 0 aliphatic carbocycles. The average Bonchev–Trinajstić information content (AvgIpc) is 2.88. The molecule has 2 fully saturated rings. The molecule has 0 bridgehead atoms. The Kier molecular flexibility index (Phi) is 7.19. The van der Waals surface area contributed by atoms with Crippen molar-refractivity contribution < 1.29 is 0 Å². The van der Waals surface area contributed by atoms with Crippen LogP contribution in [0.1, 0.15) is 59.8 Å². The van der Waals surface area contributed by atoms with Crippen molar-refractivity contribution in [2.75, 3.05) is 45.8 Å². The highest BCUT2D eigenvalue weighted by Crippen LogP contribution is 2.28. The molecule has 2 aliphatic heterocycles. The van der Waals surface area contributed by atoms with Gasteiger partial charge in [-0.25, -0.2) is 0 Å². The average molecular weight is 323 g/mol. The highest BCUT2D eigenvalue weighted by molar-refractivity contribution is 5.80. The molecule has 0 unspecified atom stereocenters. The van der Waals surface area contributed by atoms with E-state index in [1.54, 1.807) is 0 Å². The van der Waals surface area contributed by atoms with Gasteiger partial charge in [-0.3, -0.25) is 4.99 Å². The van der Waals surface area contributed by atoms with E-state index >= 15 is 0 Å². The topological polar surface area (TPSA) is 30.9 Å². The number of likely N-dealkylation sites (tertiary alicyclic amines) is 2. The molecule has 0 radical (unpaired) electrons. The first-order valence-electron chi connectivity index (χ1n) is 9.76. The highest BCUT2D eigenvalue weighted by Gasteiger charge is 2.30. The minimum Gasteiger partial charge on any atom is -0.357 e. The van der Waals surface area contributed by atoms with Crippen molar-refractivity contribution in [3.05, 3.63) is 0 Å². The van der Waals surface area contributed by atoms with Crippen LogP contribution in [0.2, 0.25) is 0 Å². The van der Waals surface area contributed by atoms with Crippen LogP contribution < -0.4 is 5.32 Å². The van der Waals surface area contributed by atoms with E-state index in [1.807, 2.05) is 0 Å². The van der Waals surface area contributed by atoms with Gasteiger partial charge in [0.05, 0.1) is 0 Å². The van der Waals surface area contributed by atoms with Crippen LogP contribution >= 0.6 is 0 Å². The molecule has 0 saturated carbocycles. The number of nitrogens with zero attached hydrogens (tertiary/aromatic N) is 3. The number of guanidine groups is 1. The van der Waals surface area contributed by atoms with E-state index in [0.29, 0.717) is 5.41 Å². The van der Waals surface area contributed by atoms with Crippen molar-refractivity contribution in [1.29, 1.82) is 0 Å². The number of rotatable bonds is 6. The Hall–Kier alpha value is -0.770. The van der Waals surface area contributed by atoms with Gasteiger partial charge in [-0.15, -0.1) is 0 Å². The maximum Gasteiger partial charge on any atom is 0.193 e. The quantitative estimate of drug-likeness (QED) is 0.463. The molecule has 0 spiro atoms. The standard InChI is InChI=1S/C19H38N4/c1-5-20-18(23-15-10-19(3,4)16-23)21-11-6-7-12-22-13-8-17(2)9-14-22/h17H,5-16H2,1-4H3,(H,20,21). The monoisotopic (exact) mass is 322 g/mol. The van der Waals surface area contributed by atoms with Gasteiger partial charge in [0.15, 0.2) is 5.96 Å². The van der Waals surface area contributed by atoms with Crippen molar-refractivity contribution in [1.82, 2.24) is 15.1 Å². The minimum absolute atomic E-state index is 0.432. The molecule has 0 amide bonds. The van der Waals surface area contributed by atoms with E-state index in [4.69, 9.17) is 4.99 Å². The van der Waals surface area contributed by atoms with Crippen LogP contribution in [0.5, 0.6) is 0 Å². The molecule has 2 aliphatic rings. The van der Waals surface area contributed by atoms with Crippen molar-refractivity contribution in [3.8, 4) is 0 Å². The van der Waals surface area contributed by atoms with Crippen molar-refractivity contribution in [2.45, 2.75) is 59.8 Å². The maximum atomic E-state index is 4.87. The fraction of sp³-hybridized carbons (Fsp3) is 0.947. The van der Waals surface area contributed by atoms with Gasteiger partial charge >= 0.3 is 0 Å². The molecule has 1 N–H and O–H groups in total. The Morgan fingerprint density at radius 2 is 1.91 bits per heavy atom. The third-order valence-corrected chi connectivity index (χ3v) is 5.33. The molecule has 2 saturated heterocycles. The Balaban J connectivity index is 1.67. The SMILES string of the molecule is CCNC(=NCCCCN1CCC(C)CC1)N1CCC(C)(C)C1. The summed E-state index contributed by atoms with van der Waals surface area (Å²) in [6.07, 6.45) is 6.52. The number of hydrogen-bond donors (Lipinski definition) is 1. The normalized spacial score (nSPS) is 23.5. The zero-order valence-corrected chi connectivity index (χ0v) is 15.9. The van der Waals surface area contributed by atoms with Crippen LogP contribution in [0.4, 0.5) is 0 Å². The van der Waals surface area contributed by atoms with Crippen LogP contribution in [0.25, 0.3) is 0 Å². The Morgan fingerprint density at radius 1 is 1.17 bits per heavy atom. The summed E-state index contributed by atoms with van der Waals surface area (Å²) in [5.74, 6) is 2.06. The molecule has 0 atom stereocenters. The Labute approximate surface area is 143 Å². The van der Waals surface area contributed by atoms with Crippen molar-refractivity contribution in [2.24, 2.45) is 16.3 Å². The summed E-state index contributed by atoms with van der Waals surface area (Å²) >= 11 is 0. The second-order valence-electron chi connectivity index (χ2n) is 8.30. The summed E-state index contributed by atoms with van der Waals surface area (Å²) in [5, 5.41) is 3.47. The second kappa shape index (κ2) is 8.91. The summed E-state index contributed by atoms with van der Waals surface area (Å²) in [6, 6.07) is 0. The lowest BCUT2D eigenvalue weighted by molar-refractivity contribution is 0.190. The second-order valence-corrected chi connectivity index (χ2v) is 8.30. The number of hydrogen-bond acceptors (Lipinski definition) is 2. The van der Waals surface area contributed by atoms with Gasteiger partial charge in [-0.2, -0.15) is 0 Å². The molecule has 4 heteroatoms. The highest BCUT2D eigenvalue weighted by atomic mass is 15.3. The molecule has 2 rings (SSSR count). The van der Waals surface area contributed by atoms with Gasteiger partial charge in [0.2, 0.25) is 0 Å². The summed E-state index contributed by atoms with van der Waals surface area (Å²) in [7, 11) is 0. The number of unbranched alkanes of at least 4 members (excludes halogenated alkanes) is 1. The lowest BCUT2D eigenvalue weighted by Crippen LogP contribution is -2.40. The number of nitrogens with one attached hydrogen (secondary N) is 1. The fourth-order valence-electron chi connectivity index (χ4n) is 3.64. The van der Waals surface area contributed by atoms with Gasteiger partial charge < -0.3 is 15.1 Å². The zero-order valence-electron chi connectivity index (χ0n) is 15.9. The summed E-state index contributed by atoms with van der Waals surface area (Å²) in [4.78, 5) is 9.95.